The van der Waals surface area contributed by atoms with Gasteiger partial charge in [-0.15, -0.1) is 0 Å². The number of carbonyl (C=O) groups excluding carboxylic acids is 1. The third-order valence-electron chi connectivity index (χ3n) is 4.64. The first-order valence-corrected chi connectivity index (χ1v) is 8.67. The highest BCUT2D eigenvalue weighted by atomic mass is 16.1. The van der Waals surface area contributed by atoms with Gasteiger partial charge in [-0.2, -0.15) is 0 Å². The van der Waals surface area contributed by atoms with Crippen LogP contribution in [-0.2, 0) is 17.6 Å². The van der Waals surface area contributed by atoms with Crippen LogP contribution < -0.4 is 0 Å². The molecule has 0 amide bonds. The molecule has 0 heterocycles. The van der Waals surface area contributed by atoms with Crippen LogP contribution in [-0.4, -0.2) is 5.78 Å². The molecule has 0 radical (unpaired) electrons. The maximum atomic E-state index is 13.2. The van der Waals surface area contributed by atoms with Crippen LogP contribution in [0.2, 0.25) is 0 Å². The molecule has 2 aromatic rings. The minimum atomic E-state index is -0.350. The lowest BCUT2D eigenvalue weighted by Gasteiger charge is -2.31. The zero-order valence-electron chi connectivity index (χ0n) is 14.6. The van der Waals surface area contributed by atoms with Crippen LogP contribution in [0, 0.1) is 11.3 Å². The van der Waals surface area contributed by atoms with Gasteiger partial charge in [0.15, 0.2) is 0 Å². The fraction of sp³-hybridized carbons (Fsp3) is 0.409. The van der Waals surface area contributed by atoms with Crippen LogP contribution in [0.1, 0.15) is 44.7 Å². The van der Waals surface area contributed by atoms with E-state index < -0.39 is 0 Å². The molecule has 0 saturated heterocycles. The van der Waals surface area contributed by atoms with Gasteiger partial charge in [-0.3, -0.25) is 4.79 Å². The van der Waals surface area contributed by atoms with Crippen LogP contribution in [0.5, 0.6) is 0 Å². The van der Waals surface area contributed by atoms with Crippen LogP contribution in [0.4, 0.5) is 0 Å². The molecule has 122 valence electrons. The summed E-state index contributed by atoms with van der Waals surface area (Å²) in [6.07, 6.45) is 3.63. The third kappa shape index (κ3) is 4.79. The number of carbonyl (C=O) groups is 1. The van der Waals surface area contributed by atoms with Crippen LogP contribution in [0.25, 0.3) is 0 Å². The lowest BCUT2D eigenvalue weighted by atomic mass is 9.71. The number of hydrogen-bond donors (Lipinski definition) is 0. The van der Waals surface area contributed by atoms with E-state index in [4.69, 9.17) is 0 Å². The molecular formula is C22H28O. The Bertz CT molecular complexity index is 559. The Hall–Kier alpha value is -1.89. The number of ketones is 1. The number of hydrogen-bond acceptors (Lipinski definition) is 1. The summed E-state index contributed by atoms with van der Waals surface area (Å²) in [5.74, 6) is 0.518. The average molecular weight is 308 g/mol. The molecule has 0 aliphatic heterocycles. The maximum Gasteiger partial charge on any atom is 0.142 e. The van der Waals surface area contributed by atoms with Gasteiger partial charge in [0.1, 0.15) is 5.78 Å². The molecule has 2 aromatic carbocycles. The van der Waals surface area contributed by atoms with Crippen molar-refractivity contribution in [3.63, 3.8) is 0 Å². The lowest BCUT2D eigenvalue weighted by Crippen LogP contribution is -2.36. The van der Waals surface area contributed by atoms with Crippen molar-refractivity contribution in [2.24, 2.45) is 11.3 Å². The minimum absolute atomic E-state index is 0.123. The first-order chi connectivity index (χ1) is 11.0. The third-order valence-corrected chi connectivity index (χ3v) is 4.64. The Kier molecular flexibility index (Phi) is 6.15. The molecule has 0 spiro atoms. The van der Waals surface area contributed by atoms with E-state index in [1.54, 1.807) is 0 Å². The minimum Gasteiger partial charge on any atom is -0.299 e. The smallest absolute Gasteiger partial charge is 0.142 e. The second-order valence-corrected chi connectivity index (χ2v) is 6.94. The summed E-state index contributed by atoms with van der Waals surface area (Å²) < 4.78 is 0. The summed E-state index contributed by atoms with van der Waals surface area (Å²) in [6.45, 7) is 6.37. The van der Waals surface area contributed by atoms with E-state index in [1.807, 2.05) is 12.1 Å². The van der Waals surface area contributed by atoms with Crippen molar-refractivity contribution in [3.8, 4) is 0 Å². The topological polar surface area (TPSA) is 17.1 Å². The first kappa shape index (κ1) is 17.5. The number of Topliss-reactive ketones (excluding diaryl/α,β-unsaturated/α-hetero) is 1. The van der Waals surface area contributed by atoms with Crippen molar-refractivity contribution in [2.45, 2.75) is 46.5 Å². The molecule has 2 rings (SSSR count). The van der Waals surface area contributed by atoms with Crippen molar-refractivity contribution >= 4 is 5.78 Å². The van der Waals surface area contributed by atoms with Crippen molar-refractivity contribution in [1.29, 1.82) is 0 Å². The molecule has 23 heavy (non-hydrogen) atoms. The van der Waals surface area contributed by atoms with Gasteiger partial charge in [0.2, 0.25) is 0 Å². The van der Waals surface area contributed by atoms with E-state index in [9.17, 15) is 4.79 Å². The van der Waals surface area contributed by atoms with Crippen LogP contribution in [0.15, 0.2) is 60.7 Å². The molecule has 0 saturated carbocycles. The maximum absolute atomic E-state index is 13.2. The molecule has 0 N–H and O–H groups in total. The lowest BCUT2D eigenvalue weighted by molar-refractivity contribution is -0.131. The zero-order valence-corrected chi connectivity index (χ0v) is 14.6. The monoisotopic (exact) mass is 308 g/mol. The highest BCUT2D eigenvalue weighted by molar-refractivity contribution is 5.87. The quantitative estimate of drug-likeness (QED) is 0.631. The van der Waals surface area contributed by atoms with E-state index in [1.165, 1.54) is 11.1 Å². The van der Waals surface area contributed by atoms with Gasteiger partial charge < -0.3 is 0 Å². The zero-order chi connectivity index (χ0) is 16.7. The SMILES string of the molecule is CCCC(C)C(=O)C(C)(Cc1ccccc1)Cc1ccccc1. The van der Waals surface area contributed by atoms with E-state index in [0.717, 1.165) is 25.7 Å². The van der Waals surface area contributed by atoms with Gasteiger partial charge in [0.25, 0.3) is 0 Å². The van der Waals surface area contributed by atoms with Crippen molar-refractivity contribution in [3.05, 3.63) is 71.8 Å². The molecule has 1 unspecified atom stereocenters. The van der Waals surface area contributed by atoms with Gasteiger partial charge in [-0.25, -0.2) is 0 Å². The molecule has 0 aromatic heterocycles. The van der Waals surface area contributed by atoms with Gasteiger partial charge in [0.05, 0.1) is 0 Å². The Morgan fingerprint density at radius 3 is 1.74 bits per heavy atom. The molecule has 1 atom stereocenters. The standard InChI is InChI=1S/C22H28O/c1-4-11-18(2)21(23)22(3,16-19-12-7-5-8-13-19)17-20-14-9-6-10-15-20/h5-10,12-15,18H,4,11,16-17H2,1-3H3. The highest BCUT2D eigenvalue weighted by Gasteiger charge is 2.35. The van der Waals surface area contributed by atoms with E-state index in [0.29, 0.717) is 5.78 Å². The second kappa shape index (κ2) is 8.10. The largest absolute Gasteiger partial charge is 0.299 e. The van der Waals surface area contributed by atoms with Crippen LogP contribution >= 0.6 is 0 Å². The summed E-state index contributed by atoms with van der Waals surface area (Å²) in [6, 6.07) is 20.8. The Morgan fingerprint density at radius 1 is 0.913 bits per heavy atom. The average Bonchev–Trinajstić information content (AvgIpc) is 2.56. The van der Waals surface area contributed by atoms with E-state index >= 15 is 0 Å². The fourth-order valence-electron chi connectivity index (χ4n) is 3.49. The predicted octanol–water partition coefficient (Wildman–Crippen LogP) is 5.48. The Labute approximate surface area is 140 Å². The van der Waals surface area contributed by atoms with Gasteiger partial charge >= 0.3 is 0 Å². The van der Waals surface area contributed by atoms with Crippen molar-refractivity contribution < 1.29 is 4.79 Å². The molecule has 1 nitrogen and oxygen atoms in total. The fourth-order valence-corrected chi connectivity index (χ4v) is 3.49. The van der Waals surface area contributed by atoms with E-state index in [-0.39, 0.29) is 11.3 Å². The Balaban J connectivity index is 2.27. The number of rotatable bonds is 8. The molecule has 0 bridgehead atoms. The van der Waals surface area contributed by atoms with Gasteiger partial charge in [0, 0.05) is 11.3 Å². The summed E-state index contributed by atoms with van der Waals surface area (Å²) in [4.78, 5) is 13.2. The predicted molar refractivity (Wildman–Crippen MR) is 97.5 cm³/mol. The molecule has 0 aliphatic rings. The van der Waals surface area contributed by atoms with Crippen molar-refractivity contribution in [1.82, 2.24) is 0 Å². The summed E-state index contributed by atoms with van der Waals surface area (Å²) in [5, 5.41) is 0. The molecular weight excluding hydrogens is 280 g/mol. The molecule has 0 fully saturated rings. The molecule has 0 aliphatic carbocycles. The molecule has 1 heteroatoms. The first-order valence-electron chi connectivity index (χ1n) is 8.67. The van der Waals surface area contributed by atoms with Gasteiger partial charge in [-0.1, -0.05) is 87.9 Å². The Morgan fingerprint density at radius 2 is 1.35 bits per heavy atom. The number of benzene rings is 2. The highest BCUT2D eigenvalue weighted by Crippen LogP contribution is 2.32. The normalized spacial score (nSPS) is 12.8. The summed E-state index contributed by atoms with van der Waals surface area (Å²) in [7, 11) is 0. The van der Waals surface area contributed by atoms with Crippen molar-refractivity contribution in [2.75, 3.05) is 0 Å². The summed E-state index contributed by atoms with van der Waals surface area (Å²) >= 11 is 0. The van der Waals surface area contributed by atoms with Crippen LogP contribution in [0.3, 0.4) is 0 Å². The van der Waals surface area contributed by atoms with Gasteiger partial charge in [-0.05, 0) is 30.4 Å². The summed E-state index contributed by atoms with van der Waals surface area (Å²) in [5.41, 5.74) is 2.13. The van der Waals surface area contributed by atoms with E-state index in [2.05, 4.69) is 69.3 Å². The second-order valence-electron chi connectivity index (χ2n) is 6.94.